The van der Waals surface area contributed by atoms with Gasteiger partial charge in [0.1, 0.15) is 11.0 Å². The zero-order chi connectivity index (χ0) is 28.8. The molecule has 44 heavy (non-hydrogen) atoms. The molecule has 0 spiro atoms. The van der Waals surface area contributed by atoms with Crippen LogP contribution in [0.3, 0.4) is 0 Å². The van der Waals surface area contributed by atoms with Gasteiger partial charge >= 0.3 is 0 Å². The molecule has 0 unspecified atom stereocenters. The van der Waals surface area contributed by atoms with Crippen LogP contribution in [0.5, 0.6) is 0 Å². The smallest absolute Gasteiger partial charge is 0.159 e. The van der Waals surface area contributed by atoms with E-state index in [0.29, 0.717) is 11.6 Å². The van der Waals surface area contributed by atoms with Crippen molar-refractivity contribution < 1.29 is 0 Å². The van der Waals surface area contributed by atoms with Gasteiger partial charge in [-0.15, -0.1) is 22.7 Å². The normalized spacial score (nSPS) is 12.1. The van der Waals surface area contributed by atoms with Crippen molar-refractivity contribution in [3.8, 4) is 22.8 Å². The molecule has 0 fully saturated rings. The Hall–Kier alpha value is -5.44. The largest absolute Gasteiger partial charge is 0.264 e. The van der Waals surface area contributed by atoms with Crippen molar-refractivity contribution in [3.05, 3.63) is 110 Å². The second-order valence-corrected chi connectivity index (χ2v) is 13.0. The van der Waals surface area contributed by atoms with Crippen LogP contribution in [0.15, 0.2) is 110 Å². The molecule has 0 amide bonds. The maximum absolute atomic E-state index is 5.19. The summed E-state index contributed by atoms with van der Waals surface area (Å²) < 4.78 is 4.88. The van der Waals surface area contributed by atoms with Crippen molar-refractivity contribution in [2.24, 2.45) is 0 Å². The second-order valence-electron chi connectivity index (χ2n) is 10.8. The predicted octanol–water partition coefficient (Wildman–Crippen LogP) is 9.59. The zero-order valence-electron chi connectivity index (χ0n) is 22.9. The summed E-state index contributed by atoms with van der Waals surface area (Å²) in [4.78, 5) is 28.9. The highest BCUT2D eigenvalue weighted by molar-refractivity contribution is 7.26. The molecule has 0 aliphatic rings. The number of hydrogen-bond donors (Lipinski definition) is 0. The summed E-state index contributed by atoms with van der Waals surface area (Å²) in [6, 6.07) is 25.3. The third kappa shape index (κ3) is 3.46. The Balaban J connectivity index is 1.22. The van der Waals surface area contributed by atoms with Crippen LogP contribution in [0.1, 0.15) is 0 Å². The zero-order valence-corrected chi connectivity index (χ0v) is 24.5. The van der Waals surface area contributed by atoms with Crippen LogP contribution in [0.2, 0.25) is 0 Å². The van der Waals surface area contributed by atoms with Crippen molar-refractivity contribution in [1.82, 2.24) is 29.9 Å². The molecular formula is C36H18N6S2. The van der Waals surface area contributed by atoms with E-state index >= 15 is 0 Å². The van der Waals surface area contributed by atoms with Crippen molar-refractivity contribution in [2.45, 2.75) is 0 Å². The molecule has 6 nitrogen and oxygen atoms in total. The lowest BCUT2D eigenvalue weighted by atomic mass is 10.0. The van der Waals surface area contributed by atoms with Crippen LogP contribution in [0, 0.1) is 0 Å². The molecule has 0 N–H and O–H groups in total. The Morgan fingerprint density at radius 1 is 0.409 bits per heavy atom. The van der Waals surface area contributed by atoms with Gasteiger partial charge in [-0.2, -0.15) is 0 Å². The number of rotatable bonds is 2. The molecule has 204 valence electrons. The van der Waals surface area contributed by atoms with Crippen molar-refractivity contribution in [1.29, 1.82) is 0 Å². The number of hydrogen-bond acceptors (Lipinski definition) is 8. The summed E-state index contributed by atoms with van der Waals surface area (Å²) in [6.45, 7) is 0. The molecule has 0 bridgehead atoms. The number of fused-ring (bicyclic) bond motifs is 12. The van der Waals surface area contributed by atoms with Crippen molar-refractivity contribution >= 4 is 95.6 Å². The number of pyridine rings is 2. The lowest BCUT2D eigenvalue weighted by Crippen LogP contribution is -1.96. The van der Waals surface area contributed by atoms with Crippen molar-refractivity contribution in [2.75, 3.05) is 0 Å². The van der Waals surface area contributed by atoms with E-state index in [0.717, 1.165) is 54.5 Å². The molecule has 0 atom stereocenters. The van der Waals surface area contributed by atoms with Gasteiger partial charge < -0.3 is 0 Å². The molecule has 10 rings (SSSR count). The molecule has 0 saturated heterocycles. The molecular weight excluding hydrogens is 581 g/mol. The highest BCUT2D eigenvalue weighted by Gasteiger charge is 2.16. The van der Waals surface area contributed by atoms with Crippen LogP contribution in [-0.4, -0.2) is 29.9 Å². The lowest BCUT2D eigenvalue weighted by molar-refractivity contribution is 1.21. The van der Waals surface area contributed by atoms with Gasteiger partial charge in [-0.25, -0.2) is 19.9 Å². The Labute approximate surface area is 257 Å². The third-order valence-corrected chi connectivity index (χ3v) is 10.7. The van der Waals surface area contributed by atoms with E-state index in [1.165, 1.54) is 29.6 Å². The average Bonchev–Trinajstić information content (AvgIpc) is 3.65. The highest BCUT2D eigenvalue weighted by atomic mass is 32.1. The molecule has 6 heterocycles. The first-order chi connectivity index (χ1) is 21.8. The first-order valence-electron chi connectivity index (χ1n) is 14.2. The number of aromatic nitrogens is 6. The van der Waals surface area contributed by atoms with Gasteiger partial charge in [0.15, 0.2) is 11.6 Å². The standard InChI is InChI=1S/C36H18N6S2/c1-2-4-22-21(3-1)27-17-39-35(19-5-7-29-23(13-19)25-15-37-11-9-31(25)43-29)41-33(27)34-28(22)18-40-36(42-34)20-6-8-30-24(14-20)26-16-38-12-10-32(26)44-30/h1-18H. The topological polar surface area (TPSA) is 77.3 Å². The quantitative estimate of drug-likeness (QED) is 0.184. The summed E-state index contributed by atoms with van der Waals surface area (Å²) in [5.74, 6) is 1.33. The van der Waals surface area contributed by atoms with E-state index in [4.69, 9.17) is 19.9 Å². The van der Waals surface area contributed by atoms with Gasteiger partial charge in [0, 0.05) is 99.4 Å². The molecule has 0 saturated carbocycles. The first-order valence-corrected chi connectivity index (χ1v) is 15.8. The number of thiophene rings is 2. The number of benzene rings is 4. The third-order valence-electron chi connectivity index (χ3n) is 8.37. The summed E-state index contributed by atoms with van der Waals surface area (Å²) in [6.07, 6.45) is 11.4. The summed E-state index contributed by atoms with van der Waals surface area (Å²) >= 11 is 3.54. The molecule has 0 radical (unpaired) electrons. The molecule has 4 aromatic carbocycles. The minimum Gasteiger partial charge on any atom is -0.264 e. The average molecular weight is 599 g/mol. The minimum atomic E-state index is 0.665. The van der Waals surface area contributed by atoms with E-state index in [-0.39, 0.29) is 0 Å². The fourth-order valence-electron chi connectivity index (χ4n) is 6.27. The maximum atomic E-state index is 5.19. The fraction of sp³-hybridized carbons (Fsp3) is 0. The first kappa shape index (κ1) is 24.0. The number of nitrogens with zero attached hydrogens (tertiary/aromatic N) is 6. The van der Waals surface area contributed by atoms with E-state index in [1.807, 2.05) is 37.2 Å². The van der Waals surface area contributed by atoms with Crippen molar-refractivity contribution in [3.63, 3.8) is 0 Å². The molecule has 6 aromatic heterocycles. The van der Waals surface area contributed by atoms with E-state index in [1.54, 1.807) is 22.7 Å². The Bertz CT molecular complexity index is 2610. The lowest BCUT2D eigenvalue weighted by Gasteiger charge is -2.11. The Morgan fingerprint density at radius 3 is 1.39 bits per heavy atom. The van der Waals surface area contributed by atoms with Crippen LogP contribution in [0.25, 0.3) is 95.7 Å². The van der Waals surface area contributed by atoms with Gasteiger partial charge in [0.25, 0.3) is 0 Å². The fourth-order valence-corrected chi connectivity index (χ4v) is 8.38. The molecule has 0 aliphatic carbocycles. The highest BCUT2D eigenvalue weighted by Crippen LogP contribution is 2.39. The molecule has 8 heteroatoms. The second kappa shape index (κ2) is 9.03. The minimum absolute atomic E-state index is 0.665. The van der Waals surface area contributed by atoms with E-state index in [9.17, 15) is 0 Å². The Morgan fingerprint density at radius 2 is 0.886 bits per heavy atom. The monoisotopic (exact) mass is 598 g/mol. The van der Waals surface area contributed by atoms with Gasteiger partial charge in [-0.05, 0) is 59.3 Å². The van der Waals surface area contributed by atoms with Crippen LogP contribution >= 0.6 is 22.7 Å². The van der Waals surface area contributed by atoms with Gasteiger partial charge in [-0.1, -0.05) is 24.3 Å². The van der Waals surface area contributed by atoms with Crippen LogP contribution in [-0.2, 0) is 0 Å². The van der Waals surface area contributed by atoms with E-state index < -0.39 is 0 Å². The molecule has 10 aromatic rings. The SMILES string of the molecule is c1ccc2c(c1)c1cnc(-c3ccc4sc5ccncc5c4c3)nc1c1nc(-c3ccc4sc5ccncc5c4c3)ncc21. The van der Waals surface area contributed by atoms with E-state index in [2.05, 4.69) is 82.8 Å². The summed E-state index contributed by atoms with van der Waals surface area (Å²) in [5, 5.41) is 8.74. The van der Waals surface area contributed by atoms with Crippen LogP contribution < -0.4 is 0 Å². The summed E-state index contributed by atoms with van der Waals surface area (Å²) in [7, 11) is 0. The Kier molecular flexibility index (Phi) is 4.94. The maximum Gasteiger partial charge on any atom is 0.159 e. The molecule has 0 aliphatic heterocycles. The van der Waals surface area contributed by atoms with Gasteiger partial charge in [0.05, 0.1) is 0 Å². The van der Waals surface area contributed by atoms with Gasteiger partial charge in [-0.3, -0.25) is 9.97 Å². The van der Waals surface area contributed by atoms with Crippen LogP contribution in [0.4, 0.5) is 0 Å². The van der Waals surface area contributed by atoms with Gasteiger partial charge in [0.2, 0.25) is 0 Å². The predicted molar refractivity (Wildman–Crippen MR) is 182 cm³/mol. The summed E-state index contributed by atoms with van der Waals surface area (Å²) in [5.41, 5.74) is 3.55.